The molecule has 6 aromatic carbocycles. The molecule has 0 radical (unpaired) electrons. The van der Waals surface area contributed by atoms with Crippen LogP contribution >= 0.6 is 59.3 Å². The van der Waals surface area contributed by atoms with Gasteiger partial charge in [-0.25, -0.2) is 15.8 Å². The third-order valence-electron chi connectivity index (χ3n) is 12.3. The Hall–Kier alpha value is -7.62. The number of carbonyl (C=O) groups excluding carboxylic acids is 1. The number of carbonyl (C=O) groups is 1. The number of anilines is 9. The number of fused-ring (bicyclic) bond motifs is 2. The van der Waals surface area contributed by atoms with Gasteiger partial charge in [-0.1, -0.05) is 33.3 Å². The lowest BCUT2D eigenvalue weighted by atomic mass is 10.1. The quantitative estimate of drug-likeness (QED) is 0.00749. The average Bonchev–Trinajstić information content (AvgIpc) is 0.960. The molecule has 0 spiro atoms. The van der Waals surface area contributed by atoms with Crippen LogP contribution in [0.25, 0.3) is 21.5 Å². The van der Waals surface area contributed by atoms with Gasteiger partial charge in [-0.2, -0.15) is 46.7 Å². The summed E-state index contributed by atoms with van der Waals surface area (Å²) in [6.07, 6.45) is 0. The van der Waals surface area contributed by atoms with Crippen LogP contribution in [0.2, 0.25) is 10.6 Å². The lowest BCUT2D eigenvalue weighted by Crippen LogP contribution is -2.48. The number of methoxy groups -OCH3 is 1. The summed E-state index contributed by atoms with van der Waals surface area (Å²) in [5.41, 5.74) is 6.86. The SMILES string of the molecule is COc1cc(NNc2ccc3c(S(=O)(=O)O)cccc3c2SOOO)c(NC(C)=O)cc1Nc1nc(Cl)nc(NCCN2CCN(c3nc(Cl)nc(Nc4ccc5c(O)c(N=Nc6cc(SOOO)ccc6S(=O)(=O)O)c(SOOO)cc5c4)n3)CC2)n1. The lowest BCUT2D eigenvalue weighted by molar-refractivity contribution is -0.432. The number of hydrogen-bond donors (Lipinski definition) is 12. The Morgan fingerprint density at radius 2 is 1.35 bits per heavy atom. The second kappa shape index (κ2) is 29.1. The molecule has 2 aromatic heterocycles. The third kappa shape index (κ3) is 16.4. The number of ether oxygens (including phenoxy) is 1. The molecule has 0 saturated carbocycles. The number of aromatic nitrogens is 6. The summed E-state index contributed by atoms with van der Waals surface area (Å²) in [7, 11) is -8.04. The van der Waals surface area contributed by atoms with Crippen molar-refractivity contribution in [3.63, 3.8) is 0 Å². The van der Waals surface area contributed by atoms with Gasteiger partial charge in [0, 0.05) is 79.0 Å². The van der Waals surface area contributed by atoms with Crippen molar-refractivity contribution in [1.29, 1.82) is 0 Å². The van der Waals surface area contributed by atoms with Gasteiger partial charge in [-0.05, 0) is 89.3 Å². The standard InChI is InChI=1S/C47H44Cl2N16O18S5/c1-23(66)51-31-21-33(35(77-2)22-32(31)61-60-30-10-9-28-29(41(30)86-83-80-70)4-3-5-37(28)87(71,72)73)53-46-55-42(48)54-44(58-46)50-12-13-64-14-16-65(17-15-64)47-57-43(49)56-45(59-47)52-25-6-8-27-24(18-25)19-36(85-82-79-69)39(40(27)67)63-62-34-20-26(84-81-78-68)7-11-38(34)88(74,75)76/h3-11,18-22,60-61,67-70H,12-17H2,1-2H3,(H,51,66)(H,71,72,73)(H,74,75,76)(H,52,56,57,59)(H2,50,53,54,55,58). The Morgan fingerprint density at radius 1 is 0.670 bits per heavy atom. The first kappa shape index (κ1) is 64.8. The van der Waals surface area contributed by atoms with Crippen LogP contribution in [0, 0.1) is 0 Å². The number of rotatable bonds is 27. The summed E-state index contributed by atoms with van der Waals surface area (Å²) in [5.74, 6) is -0.0921. The van der Waals surface area contributed by atoms with Crippen LogP contribution in [0.3, 0.4) is 0 Å². The van der Waals surface area contributed by atoms with Crippen molar-refractivity contribution < 1.29 is 84.5 Å². The van der Waals surface area contributed by atoms with E-state index in [4.69, 9.17) is 48.0 Å². The second-order valence-electron chi connectivity index (χ2n) is 17.8. The Kier molecular flexibility index (Phi) is 21.5. The molecule has 88 heavy (non-hydrogen) atoms. The molecule has 0 unspecified atom stereocenters. The normalized spacial score (nSPS) is 13.1. The zero-order valence-corrected chi connectivity index (χ0v) is 50.3. The van der Waals surface area contributed by atoms with Crippen molar-refractivity contribution in [1.82, 2.24) is 34.8 Å². The molecule has 12 N–H and O–H groups in total. The number of azo groups is 1. The fraction of sp³-hybridized carbons (Fsp3) is 0.170. The number of nitrogens with one attached hydrogen (secondary N) is 6. The molecule has 0 atom stereocenters. The molecule has 3 heterocycles. The molecule has 1 amide bonds. The summed E-state index contributed by atoms with van der Waals surface area (Å²) in [6.45, 7) is 4.42. The van der Waals surface area contributed by atoms with Crippen molar-refractivity contribution in [2.75, 3.05) is 83.4 Å². The molecule has 0 aliphatic carbocycles. The maximum absolute atomic E-state index is 12.5. The molecule has 9 rings (SSSR count). The van der Waals surface area contributed by atoms with E-state index >= 15 is 0 Å². The molecule has 41 heteroatoms. The number of aromatic hydroxyl groups is 1. The molecule has 8 aromatic rings. The lowest BCUT2D eigenvalue weighted by Gasteiger charge is -2.34. The summed E-state index contributed by atoms with van der Waals surface area (Å²) >= 11 is 14.2. The van der Waals surface area contributed by atoms with E-state index in [1.54, 1.807) is 30.3 Å². The van der Waals surface area contributed by atoms with Crippen molar-refractivity contribution in [2.45, 2.75) is 31.4 Å². The van der Waals surface area contributed by atoms with Crippen LogP contribution in [0.15, 0.2) is 120 Å². The van der Waals surface area contributed by atoms with Crippen molar-refractivity contribution in [2.24, 2.45) is 10.2 Å². The van der Waals surface area contributed by atoms with Crippen molar-refractivity contribution in [3.05, 3.63) is 95.5 Å². The minimum atomic E-state index is -4.83. The van der Waals surface area contributed by atoms with E-state index in [2.05, 4.69) is 101 Å². The average molecular weight is 1350 g/mol. The smallest absolute Gasteiger partial charge is 0.296 e. The van der Waals surface area contributed by atoms with Gasteiger partial charge in [0.15, 0.2) is 5.75 Å². The monoisotopic (exact) mass is 1350 g/mol. The van der Waals surface area contributed by atoms with Gasteiger partial charge in [0.1, 0.15) is 26.9 Å². The van der Waals surface area contributed by atoms with Gasteiger partial charge >= 0.3 is 0 Å². The number of piperazine rings is 1. The molecule has 1 saturated heterocycles. The molecule has 1 fully saturated rings. The van der Waals surface area contributed by atoms with Crippen LogP contribution < -0.4 is 41.8 Å². The Morgan fingerprint density at radius 3 is 2.07 bits per heavy atom. The number of hydrogen-bond acceptors (Lipinski definition) is 34. The highest BCUT2D eigenvalue weighted by atomic mass is 35.5. The summed E-state index contributed by atoms with van der Waals surface area (Å²) in [4.78, 5) is 42.1. The maximum atomic E-state index is 12.5. The first-order valence-corrected chi connectivity index (χ1v) is 30.5. The maximum Gasteiger partial charge on any atom is 0.296 e. The van der Waals surface area contributed by atoms with Crippen LogP contribution in [0.5, 0.6) is 11.5 Å². The van der Waals surface area contributed by atoms with E-state index in [9.17, 15) is 35.8 Å². The predicted molar refractivity (Wildman–Crippen MR) is 320 cm³/mol. The molecule has 34 nitrogen and oxygen atoms in total. The Labute approximate surface area is 518 Å². The highest BCUT2D eigenvalue weighted by Gasteiger charge is 2.24. The number of nitrogens with zero attached hydrogens (tertiary/aromatic N) is 10. The van der Waals surface area contributed by atoms with Crippen LogP contribution in [0.4, 0.5) is 63.6 Å². The molecule has 1 aliphatic rings. The fourth-order valence-electron chi connectivity index (χ4n) is 8.56. The highest BCUT2D eigenvalue weighted by Crippen LogP contribution is 2.46. The van der Waals surface area contributed by atoms with Gasteiger partial charge in [0.05, 0.1) is 75.8 Å². The fourth-order valence-corrected chi connectivity index (χ4v) is 11.6. The van der Waals surface area contributed by atoms with Crippen molar-refractivity contribution in [3.8, 4) is 11.5 Å². The number of phenols is 1. The van der Waals surface area contributed by atoms with Crippen LogP contribution in [-0.4, -0.2) is 134 Å². The summed E-state index contributed by atoms with van der Waals surface area (Å²) in [5, 5.41) is 69.9. The molecule has 464 valence electrons. The first-order chi connectivity index (χ1) is 42.2. The minimum Gasteiger partial charge on any atom is -0.505 e. The predicted octanol–water partition coefficient (Wildman–Crippen LogP) is 9.70. The molecular formula is C47H44Cl2N16O18S5. The Balaban J connectivity index is 0.827. The van der Waals surface area contributed by atoms with Gasteiger partial charge in [0.25, 0.3) is 20.2 Å². The second-order valence-corrected chi connectivity index (χ2v) is 23.5. The number of amides is 1. The molecule has 0 bridgehead atoms. The summed E-state index contributed by atoms with van der Waals surface area (Å²) in [6, 6.07) is 19.8. The molecule has 1 aliphatic heterocycles. The highest BCUT2D eigenvalue weighted by molar-refractivity contribution is 7.95. The van der Waals surface area contributed by atoms with Gasteiger partial charge in [0.2, 0.25) is 40.3 Å². The van der Waals surface area contributed by atoms with Crippen molar-refractivity contribution >= 4 is 171 Å². The minimum absolute atomic E-state index is 0.0193. The van der Waals surface area contributed by atoms with Crippen LogP contribution in [-0.2, 0) is 53.1 Å². The van der Waals surface area contributed by atoms with E-state index in [0.29, 0.717) is 103 Å². The zero-order chi connectivity index (χ0) is 62.7. The topological polar surface area (TPSA) is 452 Å². The number of phenolic OH excluding ortho intramolecular Hbond substituents is 1. The van der Waals surface area contributed by atoms with E-state index in [-0.39, 0.29) is 87.3 Å². The number of benzene rings is 6. The van der Waals surface area contributed by atoms with E-state index < -0.39 is 42.5 Å². The van der Waals surface area contributed by atoms with E-state index in [1.165, 1.54) is 56.5 Å². The largest absolute Gasteiger partial charge is 0.505 e. The Bertz CT molecular complexity index is 4170. The van der Waals surface area contributed by atoms with Crippen LogP contribution in [0.1, 0.15) is 6.92 Å². The number of halogens is 2. The van der Waals surface area contributed by atoms with Gasteiger partial charge in [-0.3, -0.25) is 29.7 Å². The third-order valence-corrected chi connectivity index (χ3v) is 16.4. The molecular weight excluding hydrogens is 1310 g/mol. The zero-order valence-electron chi connectivity index (χ0n) is 44.7. The first-order valence-electron chi connectivity index (χ1n) is 24.6. The van der Waals surface area contributed by atoms with E-state index in [1.807, 2.05) is 4.90 Å². The number of hydrazine groups is 1. The van der Waals surface area contributed by atoms with E-state index in [0.717, 1.165) is 12.1 Å². The van der Waals surface area contributed by atoms with Gasteiger partial charge in [-0.15, -0.1) is 23.2 Å². The van der Waals surface area contributed by atoms with Gasteiger partial charge < -0.3 is 36.0 Å². The summed E-state index contributed by atoms with van der Waals surface area (Å²) < 4.78 is 87.6.